The lowest BCUT2D eigenvalue weighted by Gasteiger charge is -2.10. The Bertz CT molecular complexity index is 297. The molecule has 16 heavy (non-hydrogen) atoms. The van der Waals surface area contributed by atoms with Crippen molar-refractivity contribution in [3.8, 4) is 0 Å². The third kappa shape index (κ3) is 5.34. The fourth-order valence-corrected chi connectivity index (χ4v) is 2.91. The van der Waals surface area contributed by atoms with Gasteiger partial charge in [0.25, 0.3) is 0 Å². The minimum atomic E-state index is -1.06. The van der Waals surface area contributed by atoms with Crippen molar-refractivity contribution < 1.29 is 19.8 Å². The lowest BCUT2D eigenvalue weighted by Crippen LogP contribution is -2.17. The Balaban J connectivity index is 4.36. The summed E-state index contributed by atoms with van der Waals surface area (Å²) in [6, 6.07) is 0. The van der Waals surface area contributed by atoms with Gasteiger partial charge in [-0.2, -0.15) is 0 Å². The van der Waals surface area contributed by atoms with Crippen LogP contribution in [-0.4, -0.2) is 36.2 Å². The Morgan fingerprint density at radius 1 is 1.06 bits per heavy atom. The minimum Gasteiger partial charge on any atom is -0.480 e. The predicted molar refractivity (Wildman–Crippen MR) is 71.0 cm³/mol. The fourth-order valence-electron chi connectivity index (χ4n) is 0.634. The lowest BCUT2D eigenvalue weighted by atomic mass is 10.4. The fraction of sp³-hybridized carbons (Fsp3) is 0.222. The summed E-state index contributed by atoms with van der Waals surface area (Å²) in [6.07, 6.45) is 2.48. The maximum absolute atomic E-state index is 10.7. The highest BCUT2D eigenvalue weighted by Crippen LogP contribution is 2.26. The highest BCUT2D eigenvalue weighted by atomic mass is 32.2. The van der Waals surface area contributed by atoms with Crippen molar-refractivity contribution in [1.82, 2.24) is 0 Å². The van der Waals surface area contributed by atoms with E-state index < -0.39 is 22.4 Å². The van der Waals surface area contributed by atoms with Crippen molar-refractivity contribution in [3.63, 3.8) is 0 Å². The van der Waals surface area contributed by atoms with Gasteiger partial charge in [0.2, 0.25) is 0 Å². The van der Waals surface area contributed by atoms with Crippen molar-refractivity contribution in [2.24, 2.45) is 0 Å². The molecule has 0 aromatic carbocycles. The van der Waals surface area contributed by atoms with E-state index in [9.17, 15) is 9.59 Å². The molecule has 0 aliphatic rings. The summed E-state index contributed by atoms with van der Waals surface area (Å²) in [7, 11) is 0. The topological polar surface area (TPSA) is 74.6 Å². The molecule has 0 heterocycles. The van der Waals surface area contributed by atoms with E-state index in [1.54, 1.807) is 0 Å². The molecule has 0 radical (unpaired) electrons. The van der Waals surface area contributed by atoms with Gasteiger partial charge in [-0.05, 0) is 0 Å². The van der Waals surface area contributed by atoms with Crippen LogP contribution in [0.25, 0.3) is 0 Å². The monoisotopic (exact) mass is 278 g/mol. The van der Waals surface area contributed by atoms with Crippen molar-refractivity contribution in [2.45, 2.75) is 10.5 Å². The van der Waals surface area contributed by atoms with E-state index in [4.69, 9.17) is 22.4 Å². The maximum Gasteiger partial charge on any atom is 0.320 e. The molecule has 0 aromatic heterocycles. The SMILES string of the molecule is C=CC(SC(=S)SC(C=C)C(=O)O)C(=O)O. The number of thioether (sulfide) groups is 2. The van der Waals surface area contributed by atoms with Crippen LogP contribution in [0.1, 0.15) is 0 Å². The Hall–Kier alpha value is -0.790. The molecule has 7 heteroatoms. The van der Waals surface area contributed by atoms with Crippen LogP contribution in [0.4, 0.5) is 0 Å². The molecule has 88 valence electrons. The number of carboxylic acids is 2. The third-order valence-corrected chi connectivity index (χ3v) is 4.20. The average molecular weight is 278 g/mol. The van der Waals surface area contributed by atoms with Crippen molar-refractivity contribution >= 4 is 51.2 Å². The molecule has 0 amide bonds. The van der Waals surface area contributed by atoms with Gasteiger partial charge in [-0.15, -0.1) is 13.2 Å². The van der Waals surface area contributed by atoms with Gasteiger partial charge in [-0.3, -0.25) is 9.59 Å². The second kappa shape index (κ2) is 7.48. The Labute approximate surface area is 107 Å². The normalized spacial score (nSPS) is 13.5. The molecule has 2 N–H and O–H groups in total. The van der Waals surface area contributed by atoms with E-state index in [0.717, 1.165) is 23.5 Å². The van der Waals surface area contributed by atoms with Gasteiger partial charge >= 0.3 is 11.9 Å². The van der Waals surface area contributed by atoms with Gasteiger partial charge in [-0.1, -0.05) is 47.9 Å². The Morgan fingerprint density at radius 3 is 1.56 bits per heavy atom. The van der Waals surface area contributed by atoms with Crippen LogP contribution in [0.15, 0.2) is 25.3 Å². The zero-order valence-corrected chi connectivity index (χ0v) is 10.6. The highest BCUT2D eigenvalue weighted by Gasteiger charge is 2.21. The molecule has 0 bridgehead atoms. The summed E-state index contributed by atoms with van der Waals surface area (Å²) < 4.78 is 0.236. The van der Waals surface area contributed by atoms with Crippen LogP contribution >= 0.6 is 35.7 Å². The van der Waals surface area contributed by atoms with Gasteiger partial charge in [0.1, 0.15) is 14.0 Å². The van der Waals surface area contributed by atoms with Crippen LogP contribution < -0.4 is 0 Å². The van der Waals surface area contributed by atoms with Crippen molar-refractivity contribution in [3.05, 3.63) is 25.3 Å². The zero-order chi connectivity index (χ0) is 12.7. The number of carbonyl (C=O) groups is 2. The van der Waals surface area contributed by atoms with Gasteiger partial charge < -0.3 is 10.2 Å². The van der Waals surface area contributed by atoms with Gasteiger partial charge in [0.15, 0.2) is 0 Å². The summed E-state index contributed by atoms with van der Waals surface area (Å²) >= 11 is 6.64. The summed E-state index contributed by atoms with van der Waals surface area (Å²) in [4.78, 5) is 21.3. The Morgan fingerprint density at radius 2 is 1.38 bits per heavy atom. The molecule has 0 saturated heterocycles. The number of carboxylic acid groups (broad SMARTS) is 2. The van der Waals surface area contributed by atoms with Crippen LogP contribution in [0, 0.1) is 0 Å². The van der Waals surface area contributed by atoms with Crippen LogP contribution in [-0.2, 0) is 9.59 Å². The predicted octanol–water partition coefficient (Wildman–Crippen LogP) is 2.02. The summed E-state index contributed by atoms with van der Waals surface area (Å²) in [5.74, 6) is -2.12. The first-order chi connectivity index (χ1) is 7.42. The lowest BCUT2D eigenvalue weighted by molar-refractivity contribution is -0.136. The van der Waals surface area contributed by atoms with E-state index in [1.807, 2.05) is 0 Å². The molecule has 4 nitrogen and oxygen atoms in total. The van der Waals surface area contributed by atoms with Gasteiger partial charge in [0, 0.05) is 0 Å². The molecule has 0 spiro atoms. The number of hydrogen-bond donors (Lipinski definition) is 2. The first-order valence-electron chi connectivity index (χ1n) is 4.00. The Kier molecular flexibility index (Phi) is 7.11. The number of rotatable bonds is 6. The molecule has 0 aliphatic carbocycles. The average Bonchev–Trinajstić information content (AvgIpc) is 2.21. The molecule has 0 rings (SSSR count). The van der Waals surface area contributed by atoms with E-state index in [-0.39, 0.29) is 3.53 Å². The second-order valence-corrected chi connectivity index (χ2v) is 5.96. The molecule has 0 saturated carbocycles. The molecule has 0 fully saturated rings. The van der Waals surface area contributed by atoms with Crippen LogP contribution in [0.5, 0.6) is 0 Å². The van der Waals surface area contributed by atoms with Crippen LogP contribution in [0.3, 0.4) is 0 Å². The molecular weight excluding hydrogens is 268 g/mol. The first kappa shape index (κ1) is 15.2. The molecular formula is C9H10O4S3. The largest absolute Gasteiger partial charge is 0.480 e. The summed E-state index contributed by atoms with van der Waals surface area (Å²) in [6.45, 7) is 6.73. The van der Waals surface area contributed by atoms with Crippen molar-refractivity contribution in [1.29, 1.82) is 0 Å². The van der Waals surface area contributed by atoms with Crippen LogP contribution in [0.2, 0.25) is 0 Å². The number of aliphatic carboxylic acids is 2. The first-order valence-corrected chi connectivity index (χ1v) is 6.17. The molecule has 2 atom stereocenters. The van der Waals surface area contributed by atoms with E-state index in [1.165, 1.54) is 12.2 Å². The van der Waals surface area contributed by atoms with E-state index in [2.05, 4.69) is 13.2 Å². The standard InChI is InChI=1S/C9H10O4S3/c1-3-5(7(10)11)15-9(14)16-6(4-2)8(12)13/h3-6H,1-2H2,(H,10,11)(H,12,13). The molecule has 0 aromatic rings. The number of thiocarbonyl (C=S) groups is 1. The third-order valence-electron chi connectivity index (χ3n) is 1.36. The smallest absolute Gasteiger partial charge is 0.320 e. The maximum atomic E-state index is 10.7. The van der Waals surface area contributed by atoms with Crippen molar-refractivity contribution in [2.75, 3.05) is 0 Å². The highest BCUT2D eigenvalue weighted by molar-refractivity contribution is 8.48. The summed E-state index contributed by atoms with van der Waals surface area (Å²) in [5.41, 5.74) is 0. The second-order valence-electron chi connectivity index (χ2n) is 2.47. The van der Waals surface area contributed by atoms with Gasteiger partial charge in [0.05, 0.1) is 0 Å². The summed E-state index contributed by atoms with van der Waals surface area (Å²) in [5, 5.41) is 15.7. The van der Waals surface area contributed by atoms with Gasteiger partial charge in [-0.25, -0.2) is 0 Å². The molecule has 0 aliphatic heterocycles. The van der Waals surface area contributed by atoms with E-state index >= 15 is 0 Å². The zero-order valence-electron chi connectivity index (χ0n) is 8.16. The number of hydrogen-bond acceptors (Lipinski definition) is 5. The van der Waals surface area contributed by atoms with E-state index in [0.29, 0.717) is 0 Å². The minimum absolute atomic E-state index is 0.236. The molecule has 2 unspecified atom stereocenters. The quantitative estimate of drug-likeness (QED) is 0.568.